The zero-order valence-corrected chi connectivity index (χ0v) is 16.9. The summed E-state index contributed by atoms with van der Waals surface area (Å²) in [5, 5.41) is 4.54. The third-order valence-electron chi connectivity index (χ3n) is 5.24. The van der Waals surface area contributed by atoms with Crippen LogP contribution in [0.1, 0.15) is 24.4 Å². The maximum Gasteiger partial charge on any atom is 0.203 e. The molecule has 0 radical (unpaired) electrons. The number of hydrogen-bond donors (Lipinski definition) is 0. The van der Waals surface area contributed by atoms with Crippen molar-refractivity contribution in [2.75, 3.05) is 20.8 Å². The fourth-order valence-electron chi connectivity index (χ4n) is 3.82. The average Bonchev–Trinajstić information content (AvgIpc) is 3.35. The molecule has 0 unspecified atom stereocenters. The molecule has 4 rings (SSSR count). The van der Waals surface area contributed by atoms with Crippen LogP contribution >= 0.6 is 12.2 Å². The maximum absolute atomic E-state index is 5.68. The van der Waals surface area contributed by atoms with E-state index < -0.39 is 0 Å². The summed E-state index contributed by atoms with van der Waals surface area (Å²) in [6.07, 6.45) is 3.98. The standard InChI is InChI=1S/C21H24N4O2S/c1-26-17-10-11-20(27-2)18(13-17)19-9-6-12-23(19)15-25-21(28)24(14-22-25)16-7-4-3-5-8-16/h3-5,7-8,10-11,13-14,19H,6,9,12,15H2,1-2H3/t19-/m1/s1. The second kappa shape index (κ2) is 8.16. The third-order valence-corrected chi connectivity index (χ3v) is 5.65. The number of nitrogens with zero attached hydrogens (tertiary/aromatic N) is 4. The highest BCUT2D eigenvalue weighted by molar-refractivity contribution is 7.71. The molecule has 0 spiro atoms. The van der Waals surface area contributed by atoms with Gasteiger partial charge in [0.25, 0.3) is 0 Å². The molecule has 146 valence electrons. The molecule has 28 heavy (non-hydrogen) atoms. The summed E-state index contributed by atoms with van der Waals surface area (Å²) < 4.78 is 15.5. The van der Waals surface area contributed by atoms with Gasteiger partial charge in [0.05, 0.1) is 20.9 Å². The molecule has 0 bridgehead atoms. The van der Waals surface area contributed by atoms with E-state index in [4.69, 9.17) is 21.7 Å². The number of methoxy groups -OCH3 is 2. The lowest BCUT2D eigenvalue weighted by molar-refractivity contribution is 0.186. The van der Waals surface area contributed by atoms with Crippen LogP contribution in [0.4, 0.5) is 0 Å². The minimum absolute atomic E-state index is 0.244. The number of rotatable bonds is 6. The first-order chi connectivity index (χ1) is 13.7. The second-order valence-electron chi connectivity index (χ2n) is 6.84. The Balaban J connectivity index is 1.61. The van der Waals surface area contributed by atoms with Crippen molar-refractivity contribution in [3.63, 3.8) is 0 Å². The molecule has 1 saturated heterocycles. The van der Waals surface area contributed by atoms with Crippen molar-refractivity contribution in [1.29, 1.82) is 0 Å². The maximum atomic E-state index is 5.68. The predicted molar refractivity (Wildman–Crippen MR) is 111 cm³/mol. The smallest absolute Gasteiger partial charge is 0.203 e. The quantitative estimate of drug-likeness (QED) is 0.584. The van der Waals surface area contributed by atoms with Crippen molar-refractivity contribution >= 4 is 12.2 Å². The van der Waals surface area contributed by atoms with Gasteiger partial charge < -0.3 is 9.47 Å². The van der Waals surface area contributed by atoms with Crippen molar-refractivity contribution in [2.24, 2.45) is 0 Å². The van der Waals surface area contributed by atoms with Gasteiger partial charge in [0.2, 0.25) is 4.77 Å². The first-order valence-corrected chi connectivity index (χ1v) is 9.78. The predicted octanol–water partition coefficient (Wildman–Crippen LogP) is 4.22. The molecule has 1 aliphatic heterocycles. The minimum atomic E-state index is 0.244. The van der Waals surface area contributed by atoms with E-state index in [1.165, 1.54) is 0 Å². The lowest BCUT2D eigenvalue weighted by Gasteiger charge is -2.26. The van der Waals surface area contributed by atoms with Crippen LogP contribution in [-0.4, -0.2) is 40.0 Å². The summed E-state index contributed by atoms with van der Waals surface area (Å²) in [7, 11) is 3.40. The molecule has 0 aliphatic carbocycles. The summed E-state index contributed by atoms with van der Waals surface area (Å²) in [5.41, 5.74) is 2.17. The van der Waals surface area contributed by atoms with Crippen LogP contribution in [0.15, 0.2) is 54.9 Å². The first-order valence-electron chi connectivity index (χ1n) is 9.37. The zero-order valence-electron chi connectivity index (χ0n) is 16.1. The molecular formula is C21H24N4O2S. The van der Waals surface area contributed by atoms with E-state index in [1.54, 1.807) is 20.5 Å². The van der Waals surface area contributed by atoms with Gasteiger partial charge in [-0.25, -0.2) is 4.68 Å². The molecule has 0 saturated carbocycles. The van der Waals surface area contributed by atoms with Crippen molar-refractivity contribution in [3.8, 4) is 17.2 Å². The van der Waals surface area contributed by atoms with Gasteiger partial charge in [-0.05, 0) is 55.4 Å². The zero-order chi connectivity index (χ0) is 19.5. The lowest BCUT2D eigenvalue weighted by atomic mass is 10.0. The van der Waals surface area contributed by atoms with Crippen molar-refractivity contribution in [3.05, 3.63) is 65.2 Å². The fourth-order valence-corrected chi connectivity index (χ4v) is 4.08. The normalized spacial score (nSPS) is 17.0. The Labute approximate surface area is 169 Å². The summed E-state index contributed by atoms with van der Waals surface area (Å²) in [5.74, 6) is 1.73. The van der Waals surface area contributed by atoms with Crippen LogP contribution in [0.5, 0.6) is 11.5 Å². The summed E-state index contributed by atoms with van der Waals surface area (Å²) in [4.78, 5) is 2.40. The summed E-state index contributed by atoms with van der Waals surface area (Å²) in [6, 6.07) is 16.3. The Kier molecular flexibility index (Phi) is 5.45. The molecule has 1 fully saturated rings. The van der Waals surface area contributed by atoms with Crippen molar-refractivity contribution in [1.82, 2.24) is 19.2 Å². The first kappa shape index (κ1) is 18.7. The number of para-hydroxylation sites is 1. The molecule has 1 aliphatic rings. The topological polar surface area (TPSA) is 44.5 Å². The molecule has 0 amide bonds. The van der Waals surface area contributed by atoms with Crippen LogP contribution in [0, 0.1) is 4.77 Å². The number of hydrogen-bond acceptors (Lipinski definition) is 5. The molecule has 1 atom stereocenters. The van der Waals surface area contributed by atoms with E-state index in [2.05, 4.69) is 16.1 Å². The van der Waals surface area contributed by atoms with Gasteiger partial charge >= 0.3 is 0 Å². The monoisotopic (exact) mass is 396 g/mol. The third kappa shape index (κ3) is 3.55. The highest BCUT2D eigenvalue weighted by atomic mass is 32.1. The SMILES string of the molecule is COc1ccc(OC)c([C@H]2CCCN2Cn2ncn(-c3ccccc3)c2=S)c1. The Morgan fingerprint density at radius 1 is 1.11 bits per heavy atom. The number of ether oxygens (including phenoxy) is 2. The minimum Gasteiger partial charge on any atom is -0.497 e. The molecule has 1 aromatic heterocycles. The van der Waals surface area contributed by atoms with E-state index in [1.807, 2.05) is 51.7 Å². The van der Waals surface area contributed by atoms with Crippen LogP contribution in [0.25, 0.3) is 5.69 Å². The summed E-state index contributed by atoms with van der Waals surface area (Å²) in [6.45, 7) is 1.63. The van der Waals surface area contributed by atoms with Gasteiger partial charge in [-0.15, -0.1) is 0 Å². The lowest BCUT2D eigenvalue weighted by Crippen LogP contribution is -2.27. The van der Waals surface area contributed by atoms with Gasteiger partial charge in [0.15, 0.2) is 0 Å². The molecule has 3 aromatic rings. The highest BCUT2D eigenvalue weighted by Crippen LogP contribution is 2.39. The Morgan fingerprint density at radius 3 is 2.68 bits per heavy atom. The van der Waals surface area contributed by atoms with Gasteiger partial charge in [0, 0.05) is 23.8 Å². The van der Waals surface area contributed by atoms with Crippen LogP contribution in [0.2, 0.25) is 0 Å². The molecule has 2 aromatic carbocycles. The van der Waals surface area contributed by atoms with E-state index in [0.717, 1.165) is 42.1 Å². The highest BCUT2D eigenvalue weighted by Gasteiger charge is 2.29. The van der Waals surface area contributed by atoms with E-state index >= 15 is 0 Å². The van der Waals surface area contributed by atoms with Gasteiger partial charge in [-0.3, -0.25) is 9.47 Å². The average molecular weight is 397 g/mol. The number of likely N-dealkylation sites (tertiary alicyclic amines) is 1. The Morgan fingerprint density at radius 2 is 1.93 bits per heavy atom. The molecule has 7 heteroatoms. The molecule has 0 N–H and O–H groups in total. The van der Waals surface area contributed by atoms with Crippen LogP contribution in [-0.2, 0) is 6.67 Å². The number of aromatic nitrogens is 3. The van der Waals surface area contributed by atoms with Crippen molar-refractivity contribution in [2.45, 2.75) is 25.6 Å². The number of benzene rings is 2. The van der Waals surface area contributed by atoms with Gasteiger partial charge in [-0.2, -0.15) is 5.10 Å². The van der Waals surface area contributed by atoms with E-state index in [9.17, 15) is 0 Å². The molecule has 2 heterocycles. The Bertz CT molecular complexity index is 999. The molecular weight excluding hydrogens is 372 g/mol. The van der Waals surface area contributed by atoms with E-state index in [-0.39, 0.29) is 6.04 Å². The summed E-state index contributed by atoms with van der Waals surface area (Å²) >= 11 is 5.68. The fraction of sp³-hybridized carbons (Fsp3) is 0.333. The molecule has 6 nitrogen and oxygen atoms in total. The van der Waals surface area contributed by atoms with Crippen molar-refractivity contribution < 1.29 is 9.47 Å². The largest absolute Gasteiger partial charge is 0.497 e. The van der Waals surface area contributed by atoms with Crippen LogP contribution < -0.4 is 9.47 Å². The van der Waals surface area contributed by atoms with E-state index in [0.29, 0.717) is 11.4 Å². The Hall–Kier alpha value is -2.64. The van der Waals surface area contributed by atoms with Gasteiger partial charge in [-0.1, -0.05) is 18.2 Å². The second-order valence-corrected chi connectivity index (χ2v) is 7.20. The van der Waals surface area contributed by atoms with Gasteiger partial charge in [0.1, 0.15) is 17.8 Å². The van der Waals surface area contributed by atoms with Crippen LogP contribution in [0.3, 0.4) is 0 Å².